The molecule has 14 heteroatoms. The van der Waals surface area contributed by atoms with Crippen molar-refractivity contribution in [3.63, 3.8) is 0 Å². The van der Waals surface area contributed by atoms with Gasteiger partial charge in [-0.2, -0.15) is 30.7 Å². The summed E-state index contributed by atoms with van der Waals surface area (Å²) in [6.45, 7) is -1.84. The molecule has 1 aromatic heterocycles. The molecule has 1 fully saturated rings. The molecule has 2 aromatic rings. The minimum atomic E-state index is -4.83. The number of aromatic nitrogens is 2. The summed E-state index contributed by atoms with van der Waals surface area (Å²) in [4.78, 5) is 15.9. The maximum Gasteiger partial charge on any atom is 0.416 e. The van der Waals surface area contributed by atoms with Crippen LogP contribution in [0.5, 0.6) is 0 Å². The standard InChI is InChI=1S/C18H16F7N3O3S/c1-3-32(30,31)13-6-10(18(23,24)25)4-5-11(13)14-26-7-12(27(14)2)15(29)28-8-16(19,20)17(21,22)9-28/h4-7H,3,8-9H2,1-2H3. The average Bonchev–Trinajstić information content (AvgIpc) is 3.16. The van der Waals surface area contributed by atoms with E-state index in [1.165, 1.54) is 14.0 Å². The number of carbonyl (C=O) groups excluding carboxylic acids is 1. The van der Waals surface area contributed by atoms with E-state index in [4.69, 9.17) is 0 Å². The third kappa shape index (κ3) is 3.95. The zero-order valence-electron chi connectivity index (χ0n) is 16.6. The van der Waals surface area contributed by atoms with E-state index in [2.05, 4.69) is 4.98 Å². The van der Waals surface area contributed by atoms with Crippen LogP contribution in [0.2, 0.25) is 0 Å². The predicted molar refractivity (Wildman–Crippen MR) is 97.2 cm³/mol. The maximum atomic E-state index is 13.5. The fourth-order valence-electron chi connectivity index (χ4n) is 3.23. The van der Waals surface area contributed by atoms with Crippen molar-refractivity contribution in [2.45, 2.75) is 29.8 Å². The van der Waals surface area contributed by atoms with Gasteiger partial charge in [0.25, 0.3) is 5.91 Å². The minimum Gasteiger partial charge on any atom is -0.325 e. The van der Waals surface area contributed by atoms with Gasteiger partial charge < -0.3 is 9.47 Å². The van der Waals surface area contributed by atoms with Gasteiger partial charge in [-0.15, -0.1) is 0 Å². The highest BCUT2D eigenvalue weighted by molar-refractivity contribution is 7.91. The topological polar surface area (TPSA) is 72.3 Å². The molecule has 32 heavy (non-hydrogen) atoms. The number of sulfone groups is 1. The second-order valence-corrected chi connectivity index (χ2v) is 9.45. The molecule has 0 atom stereocenters. The number of halogens is 7. The van der Waals surface area contributed by atoms with E-state index in [1.807, 2.05) is 0 Å². The fraction of sp³-hybridized carbons (Fsp3) is 0.444. The van der Waals surface area contributed by atoms with Crippen molar-refractivity contribution in [3.8, 4) is 11.4 Å². The molecule has 176 valence electrons. The van der Waals surface area contributed by atoms with Crippen LogP contribution >= 0.6 is 0 Å². The Morgan fingerprint density at radius 3 is 2.19 bits per heavy atom. The first-order valence-electron chi connectivity index (χ1n) is 9.03. The molecule has 0 unspecified atom stereocenters. The van der Waals surface area contributed by atoms with Crippen LogP contribution in [0.1, 0.15) is 23.0 Å². The third-order valence-corrected chi connectivity index (χ3v) is 6.84. The van der Waals surface area contributed by atoms with E-state index >= 15 is 0 Å². The Kier molecular flexibility index (Phi) is 5.59. The molecule has 1 aromatic carbocycles. The molecule has 6 nitrogen and oxygen atoms in total. The van der Waals surface area contributed by atoms with E-state index in [1.54, 1.807) is 0 Å². The molecule has 3 rings (SSSR count). The Balaban J connectivity index is 2.08. The van der Waals surface area contributed by atoms with Crippen LogP contribution in [0.4, 0.5) is 30.7 Å². The summed E-state index contributed by atoms with van der Waals surface area (Å²) in [5, 5.41) is 0. The number of imidazole rings is 1. The van der Waals surface area contributed by atoms with Crippen molar-refractivity contribution in [1.29, 1.82) is 0 Å². The number of likely N-dealkylation sites (tertiary alicyclic amines) is 1. The van der Waals surface area contributed by atoms with Gasteiger partial charge in [0.1, 0.15) is 11.5 Å². The number of hydrogen-bond acceptors (Lipinski definition) is 4. The molecule has 0 N–H and O–H groups in total. The first-order valence-corrected chi connectivity index (χ1v) is 10.7. The maximum absolute atomic E-state index is 13.5. The molecule has 1 saturated heterocycles. The van der Waals surface area contributed by atoms with Gasteiger partial charge in [0.2, 0.25) is 0 Å². The Bertz CT molecular complexity index is 1160. The molecule has 0 aliphatic carbocycles. The summed E-state index contributed by atoms with van der Waals surface area (Å²) in [6, 6.07) is 1.92. The number of carbonyl (C=O) groups is 1. The molecule has 0 bridgehead atoms. The summed E-state index contributed by atoms with van der Waals surface area (Å²) >= 11 is 0. The summed E-state index contributed by atoms with van der Waals surface area (Å²) in [5.41, 5.74) is -1.91. The molecule has 1 aliphatic rings. The van der Waals surface area contributed by atoms with Crippen LogP contribution in [0.15, 0.2) is 29.3 Å². The second-order valence-electron chi connectivity index (χ2n) is 7.21. The average molecular weight is 487 g/mol. The van der Waals surface area contributed by atoms with Crippen LogP contribution in [0.3, 0.4) is 0 Å². The van der Waals surface area contributed by atoms with E-state index < -0.39 is 68.8 Å². The van der Waals surface area contributed by atoms with Gasteiger partial charge in [0, 0.05) is 12.6 Å². The monoisotopic (exact) mass is 487 g/mol. The van der Waals surface area contributed by atoms with Crippen LogP contribution in [-0.2, 0) is 23.1 Å². The lowest BCUT2D eigenvalue weighted by atomic mass is 10.1. The van der Waals surface area contributed by atoms with Crippen molar-refractivity contribution < 1.29 is 43.9 Å². The number of amides is 1. The van der Waals surface area contributed by atoms with Gasteiger partial charge in [-0.3, -0.25) is 4.79 Å². The van der Waals surface area contributed by atoms with Gasteiger partial charge >= 0.3 is 18.0 Å². The zero-order valence-corrected chi connectivity index (χ0v) is 17.4. The molecule has 0 spiro atoms. The van der Waals surface area contributed by atoms with Crippen molar-refractivity contribution in [1.82, 2.24) is 14.5 Å². The van der Waals surface area contributed by atoms with E-state index in [0.29, 0.717) is 12.1 Å². The number of benzene rings is 1. The first kappa shape index (κ1) is 24.0. The number of nitrogens with zero attached hydrogens (tertiary/aromatic N) is 3. The second kappa shape index (κ2) is 7.46. The van der Waals surface area contributed by atoms with Crippen molar-refractivity contribution >= 4 is 15.7 Å². The SMILES string of the molecule is CCS(=O)(=O)c1cc(C(F)(F)F)ccc1-c1ncc(C(=O)N2CC(F)(F)C(F)(F)C2)n1C. The number of alkyl halides is 7. The highest BCUT2D eigenvalue weighted by Crippen LogP contribution is 2.41. The normalized spacial score (nSPS) is 18.2. The van der Waals surface area contributed by atoms with Crippen LogP contribution < -0.4 is 0 Å². The van der Waals surface area contributed by atoms with Gasteiger partial charge in [-0.05, 0) is 18.2 Å². The third-order valence-electron chi connectivity index (χ3n) is 5.07. The largest absolute Gasteiger partial charge is 0.416 e. The molecule has 1 amide bonds. The molecule has 0 saturated carbocycles. The van der Waals surface area contributed by atoms with E-state index in [-0.39, 0.29) is 16.3 Å². The van der Waals surface area contributed by atoms with Crippen LogP contribution in [-0.4, -0.2) is 59.5 Å². The van der Waals surface area contributed by atoms with E-state index in [9.17, 15) is 43.9 Å². The van der Waals surface area contributed by atoms with Gasteiger partial charge in [0.15, 0.2) is 9.84 Å². The lowest BCUT2D eigenvalue weighted by molar-refractivity contribution is -0.172. The van der Waals surface area contributed by atoms with Crippen LogP contribution in [0, 0.1) is 0 Å². The zero-order chi connectivity index (χ0) is 24.3. The number of hydrogen-bond donors (Lipinski definition) is 0. The van der Waals surface area contributed by atoms with E-state index in [0.717, 1.165) is 16.8 Å². The van der Waals surface area contributed by atoms with Gasteiger partial charge in [0.05, 0.1) is 35.5 Å². The smallest absolute Gasteiger partial charge is 0.325 e. The first-order chi connectivity index (χ1) is 14.5. The van der Waals surface area contributed by atoms with Crippen LogP contribution in [0.25, 0.3) is 11.4 Å². The molecular weight excluding hydrogens is 471 g/mol. The Labute approximate surface area is 177 Å². The Morgan fingerprint density at radius 2 is 1.69 bits per heavy atom. The number of rotatable bonds is 4. The van der Waals surface area contributed by atoms with Crippen molar-refractivity contribution in [2.75, 3.05) is 18.8 Å². The highest BCUT2D eigenvalue weighted by atomic mass is 32.2. The van der Waals surface area contributed by atoms with Gasteiger partial charge in [-0.25, -0.2) is 13.4 Å². The van der Waals surface area contributed by atoms with Gasteiger partial charge in [-0.1, -0.05) is 6.92 Å². The molecule has 0 radical (unpaired) electrons. The molecule has 2 heterocycles. The summed E-state index contributed by atoms with van der Waals surface area (Å²) < 4.78 is 119. The highest BCUT2D eigenvalue weighted by Gasteiger charge is 2.64. The van der Waals surface area contributed by atoms with Crippen molar-refractivity contribution in [3.05, 3.63) is 35.7 Å². The predicted octanol–water partition coefficient (Wildman–Crippen LogP) is 3.63. The summed E-state index contributed by atoms with van der Waals surface area (Å²) in [7, 11) is -3.00. The van der Waals surface area contributed by atoms with Crippen molar-refractivity contribution in [2.24, 2.45) is 7.05 Å². The minimum absolute atomic E-state index is 0.233. The molecular formula is C18H16F7N3O3S. The lowest BCUT2D eigenvalue weighted by Crippen LogP contribution is -2.38. The Hall–Kier alpha value is -2.64. The summed E-state index contributed by atoms with van der Waals surface area (Å²) in [5.74, 6) is -10.9. The Morgan fingerprint density at radius 1 is 1.12 bits per heavy atom. The summed E-state index contributed by atoms with van der Waals surface area (Å²) in [6.07, 6.45) is -3.97. The fourth-order valence-corrected chi connectivity index (χ4v) is 4.34. The molecule has 1 aliphatic heterocycles. The quantitative estimate of drug-likeness (QED) is 0.618. The lowest BCUT2D eigenvalue weighted by Gasteiger charge is -2.16.